The molecule has 1 aromatic carbocycles. The number of ether oxygens (including phenoxy) is 1. The van der Waals surface area contributed by atoms with E-state index >= 15 is 0 Å². The third-order valence-electron chi connectivity index (χ3n) is 1.56. The Hall–Kier alpha value is -0.530. The number of benzene rings is 1. The zero-order valence-corrected chi connectivity index (χ0v) is 6.06. The number of halogens is 1. The molecule has 1 nitrogen and oxygen atoms in total. The van der Waals surface area contributed by atoms with Gasteiger partial charge in [-0.3, -0.25) is 0 Å². The summed E-state index contributed by atoms with van der Waals surface area (Å²) in [6.07, 6.45) is 0. The highest BCUT2D eigenvalue weighted by Crippen LogP contribution is 2.23. The van der Waals surface area contributed by atoms with Gasteiger partial charge in [0.1, 0.15) is 6.61 Å². The molecule has 0 saturated carbocycles. The van der Waals surface area contributed by atoms with E-state index in [-0.39, 0.29) is 0 Å². The lowest BCUT2D eigenvalue weighted by Crippen LogP contribution is -1.78. The predicted octanol–water partition coefficient (Wildman–Crippen LogP) is 2.38. The molecule has 0 saturated heterocycles. The van der Waals surface area contributed by atoms with Gasteiger partial charge in [0.25, 0.3) is 0 Å². The molecule has 2 rings (SSSR count). The minimum Gasteiger partial charge on any atom is -0.366 e. The Morgan fingerprint density at radius 2 is 2.30 bits per heavy atom. The second kappa shape index (κ2) is 2.26. The molecule has 0 aromatic heterocycles. The number of hydrogen-bond acceptors (Lipinski definition) is 1. The van der Waals surface area contributed by atoms with E-state index in [1.807, 2.05) is 18.2 Å². The third kappa shape index (κ3) is 0.917. The summed E-state index contributed by atoms with van der Waals surface area (Å²) in [7, 11) is 0. The Bertz CT molecular complexity index is 257. The van der Waals surface area contributed by atoms with Crippen LogP contribution in [-0.2, 0) is 11.3 Å². The van der Waals surface area contributed by atoms with Crippen LogP contribution in [0.25, 0.3) is 0 Å². The Morgan fingerprint density at radius 1 is 1.40 bits per heavy atom. The first-order valence-corrected chi connectivity index (χ1v) is 3.47. The summed E-state index contributed by atoms with van der Waals surface area (Å²) in [6, 6.07) is 5.77. The fourth-order valence-electron chi connectivity index (χ4n) is 1.03. The summed E-state index contributed by atoms with van der Waals surface area (Å²) in [5.74, 6) is 0. The lowest BCUT2D eigenvalue weighted by atomic mass is 10.1. The quantitative estimate of drug-likeness (QED) is 0.556. The zero-order valence-electron chi connectivity index (χ0n) is 5.30. The van der Waals surface area contributed by atoms with Gasteiger partial charge in [-0.05, 0) is 23.3 Å². The molecular weight excluding hydrogens is 148 g/mol. The van der Waals surface area contributed by atoms with Crippen molar-refractivity contribution in [3.63, 3.8) is 0 Å². The molecule has 0 aliphatic carbocycles. The average Bonchev–Trinajstić information content (AvgIpc) is 2.33. The van der Waals surface area contributed by atoms with Gasteiger partial charge in [0.15, 0.2) is 0 Å². The highest BCUT2D eigenvalue weighted by molar-refractivity contribution is 6.30. The minimum absolute atomic E-state index is 0.687. The molecule has 2 heteroatoms. The van der Waals surface area contributed by atoms with Crippen LogP contribution in [0.2, 0.25) is 5.02 Å². The summed E-state index contributed by atoms with van der Waals surface area (Å²) in [6.45, 7) is 2.42. The summed E-state index contributed by atoms with van der Waals surface area (Å²) in [4.78, 5) is 0. The average molecular weight is 154 g/mol. The van der Waals surface area contributed by atoms with E-state index in [4.69, 9.17) is 16.3 Å². The molecule has 1 aliphatic rings. The van der Waals surface area contributed by atoms with Crippen molar-refractivity contribution in [1.29, 1.82) is 0 Å². The van der Waals surface area contributed by atoms with E-state index < -0.39 is 0 Å². The van der Waals surface area contributed by atoms with Crippen molar-refractivity contribution in [3.05, 3.63) is 41.0 Å². The molecular formula is C8H6ClO. The third-order valence-corrected chi connectivity index (χ3v) is 1.79. The second-order valence-corrected chi connectivity index (χ2v) is 2.71. The van der Waals surface area contributed by atoms with Gasteiger partial charge in [-0.25, -0.2) is 0 Å². The smallest absolute Gasteiger partial charge is 0.114 e. The largest absolute Gasteiger partial charge is 0.366 e. The standard InChI is InChI=1S/C8H6ClO/c9-8-2-1-6-4-10-5-7(6)3-8/h1-3,5H,4H2. The molecule has 0 N–H and O–H groups in total. The summed E-state index contributed by atoms with van der Waals surface area (Å²) in [5, 5.41) is 0.764. The van der Waals surface area contributed by atoms with Crippen molar-refractivity contribution in [2.45, 2.75) is 6.61 Å². The van der Waals surface area contributed by atoms with Gasteiger partial charge < -0.3 is 4.74 Å². The van der Waals surface area contributed by atoms with Crippen LogP contribution in [0.4, 0.5) is 0 Å². The van der Waals surface area contributed by atoms with Crippen LogP contribution in [-0.4, -0.2) is 0 Å². The van der Waals surface area contributed by atoms with Gasteiger partial charge in [-0.2, -0.15) is 0 Å². The van der Waals surface area contributed by atoms with Crippen molar-refractivity contribution in [1.82, 2.24) is 0 Å². The van der Waals surface area contributed by atoms with E-state index in [0.717, 1.165) is 10.6 Å². The number of fused-ring (bicyclic) bond motifs is 1. The SMILES string of the molecule is Clc1ccc2c(c1)[CH]OC2. The molecule has 0 spiro atoms. The first-order chi connectivity index (χ1) is 4.86. The molecule has 0 fully saturated rings. The van der Waals surface area contributed by atoms with Crippen molar-refractivity contribution < 1.29 is 4.74 Å². The normalized spacial score (nSPS) is 15.3. The highest BCUT2D eigenvalue weighted by atomic mass is 35.5. The fourth-order valence-corrected chi connectivity index (χ4v) is 1.21. The van der Waals surface area contributed by atoms with E-state index in [9.17, 15) is 0 Å². The molecule has 0 atom stereocenters. The van der Waals surface area contributed by atoms with Gasteiger partial charge in [-0.1, -0.05) is 17.7 Å². The second-order valence-electron chi connectivity index (χ2n) is 2.27. The molecule has 0 unspecified atom stereocenters. The topological polar surface area (TPSA) is 9.23 Å². The Balaban J connectivity index is 2.52. The molecule has 1 aliphatic heterocycles. The Labute approximate surface area is 64.6 Å². The van der Waals surface area contributed by atoms with Crippen LogP contribution in [0.5, 0.6) is 0 Å². The lowest BCUT2D eigenvalue weighted by Gasteiger charge is -1.94. The van der Waals surface area contributed by atoms with Crippen LogP contribution >= 0.6 is 11.6 Å². The molecule has 10 heavy (non-hydrogen) atoms. The van der Waals surface area contributed by atoms with Crippen molar-refractivity contribution >= 4 is 11.6 Å². The van der Waals surface area contributed by atoms with Crippen molar-refractivity contribution in [2.75, 3.05) is 0 Å². The highest BCUT2D eigenvalue weighted by Gasteiger charge is 2.10. The van der Waals surface area contributed by atoms with Gasteiger partial charge in [0, 0.05) is 5.02 Å². The molecule has 51 valence electrons. The van der Waals surface area contributed by atoms with E-state index in [2.05, 4.69) is 0 Å². The van der Waals surface area contributed by atoms with Crippen LogP contribution in [0.3, 0.4) is 0 Å². The maximum atomic E-state index is 5.75. The number of hydrogen-bond donors (Lipinski definition) is 0. The zero-order chi connectivity index (χ0) is 6.97. The summed E-state index contributed by atoms with van der Waals surface area (Å²) >= 11 is 5.75. The van der Waals surface area contributed by atoms with Gasteiger partial charge >= 0.3 is 0 Å². The molecule has 1 aromatic rings. The molecule has 1 heterocycles. The van der Waals surface area contributed by atoms with Crippen LogP contribution in [0, 0.1) is 6.61 Å². The van der Waals surface area contributed by atoms with Gasteiger partial charge in [0.2, 0.25) is 0 Å². The Kier molecular flexibility index (Phi) is 1.40. The summed E-state index contributed by atoms with van der Waals surface area (Å²) in [5.41, 5.74) is 2.32. The van der Waals surface area contributed by atoms with Crippen LogP contribution < -0.4 is 0 Å². The van der Waals surface area contributed by atoms with Crippen molar-refractivity contribution in [3.8, 4) is 0 Å². The monoisotopic (exact) mass is 153 g/mol. The van der Waals surface area contributed by atoms with Crippen LogP contribution in [0.15, 0.2) is 18.2 Å². The van der Waals surface area contributed by atoms with E-state index in [1.165, 1.54) is 5.56 Å². The maximum Gasteiger partial charge on any atom is 0.114 e. The molecule has 0 amide bonds. The molecule has 0 bridgehead atoms. The molecule has 1 radical (unpaired) electrons. The van der Waals surface area contributed by atoms with Gasteiger partial charge in [0.05, 0.1) is 6.61 Å². The van der Waals surface area contributed by atoms with Crippen LogP contribution in [0.1, 0.15) is 11.1 Å². The lowest BCUT2D eigenvalue weighted by molar-refractivity contribution is 0.223. The fraction of sp³-hybridized carbons (Fsp3) is 0.125. The number of rotatable bonds is 0. The first kappa shape index (κ1) is 6.20. The maximum absolute atomic E-state index is 5.75. The van der Waals surface area contributed by atoms with E-state index in [1.54, 1.807) is 6.61 Å². The van der Waals surface area contributed by atoms with Crippen molar-refractivity contribution in [2.24, 2.45) is 0 Å². The first-order valence-electron chi connectivity index (χ1n) is 3.09. The van der Waals surface area contributed by atoms with E-state index in [0.29, 0.717) is 6.61 Å². The predicted molar refractivity (Wildman–Crippen MR) is 39.6 cm³/mol. The minimum atomic E-state index is 0.687. The Morgan fingerprint density at radius 3 is 3.20 bits per heavy atom. The van der Waals surface area contributed by atoms with Gasteiger partial charge in [-0.15, -0.1) is 0 Å². The summed E-state index contributed by atoms with van der Waals surface area (Å²) < 4.78 is 5.09.